The Morgan fingerprint density at radius 2 is 1.90 bits per heavy atom. The van der Waals surface area contributed by atoms with Gasteiger partial charge in [-0.1, -0.05) is 0 Å². The number of aromatic nitrogens is 3. The van der Waals surface area contributed by atoms with E-state index in [1.807, 2.05) is 6.20 Å². The van der Waals surface area contributed by atoms with E-state index in [1.54, 1.807) is 13.1 Å². The SMILES string of the molecule is CN=C(NCCNc1nccc(C(F)(F)F)n1)NCCc1c[nH]c2ccc(F)cc12.I. The standard InChI is InChI=1S/C19H21F4N7.HI/c1-24-17(25-6-4-12-11-29-15-3-2-13(20)10-14(12)15)27-8-9-28-18-26-7-5-16(30-18)19(21,22)23;/h2-3,5,7,10-11,29H,4,6,8-9H2,1H3,(H2,24,25,27)(H,26,28,30);1H. The van der Waals surface area contributed by atoms with Crippen LogP contribution in [-0.2, 0) is 12.6 Å². The average molecular weight is 551 g/mol. The van der Waals surface area contributed by atoms with E-state index in [-0.39, 0.29) is 35.7 Å². The Morgan fingerprint density at radius 3 is 2.65 bits per heavy atom. The van der Waals surface area contributed by atoms with Gasteiger partial charge in [0, 0.05) is 50.0 Å². The minimum Gasteiger partial charge on any atom is -0.361 e. The molecular weight excluding hydrogens is 529 g/mol. The normalized spacial score (nSPS) is 11.8. The fourth-order valence-corrected chi connectivity index (χ4v) is 2.85. The number of nitrogens with zero attached hydrogens (tertiary/aromatic N) is 3. The molecule has 0 bridgehead atoms. The predicted octanol–water partition coefficient (Wildman–Crippen LogP) is 3.55. The molecule has 0 atom stereocenters. The molecule has 4 N–H and O–H groups in total. The molecule has 12 heteroatoms. The highest BCUT2D eigenvalue weighted by atomic mass is 127. The average Bonchev–Trinajstić information content (AvgIpc) is 3.11. The molecule has 3 aromatic rings. The highest BCUT2D eigenvalue weighted by Gasteiger charge is 2.32. The monoisotopic (exact) mass is 551 g/mol. The third kappa shape index (κ3) is 6.94. The second-order valence-electron chi connectivity index (χ2n) is 6.37. The summed E-state index contributed by atoms with van der Waals surface area (Å²) in [4.78, 5) is 14.4. The first-order valence-electron chi connectivity index (χ1n) is 9.21. The third-order valence-corrected chi connectivity index (χ3v) is 4.29. The summed E-state index contributed by atoms with van der Waals surface area (Å²) in [5, 5.41) is 9.75. The van der Waals surface area contributed by atoms with Crippen LogP contribution in [-0.4, -0.2) is 47.6 Å². The zero-order valence-electron chi connectivity index (χ0n) is 16.6. The lowest BCUT2D eigenvalue weighted by Crippen LogP contribution is -2.40. The van der Waals surface area contributed by atoms with Crippen molar-refractivity contribution in [3.8, 4) is 0 Å². The van der Waals surface area contributed by atoms with Gasteiger partial charge in [-0.3, -0.25) is 4.99 Å². The summed E-state index contributed by atoms with van der Waals surface area (Å²) in [6, 6.07) is 5.42. The number of hydrogen-bond donors (Lipinski definition) is 4. The number of halogens is 5. The van der Waals surface area contributed by atoms with Gasteiger partial charge in [-0.05, 0) is 36.2 Å². The topological polar surface area (TPSA) is 90.0 Å². The number of anilines is 1. The molecule has 2 heterocycles. The lowest BCUT2D eigenvalue weighted by Gasteiger charge is -2.12. The van der Waals surface area contributed by atoms with Crippen molar-refractivity contribution in [2.75, 3.05) is 32.0 Å². The molecule has 0 saturated carbocycles. The van der Waals surface area contributed by atoms with E-state index in [4.69, 9.17) is 0 Å². The van der Waals surface area contributed by atoms with Crippen molar-refractivity contribution in [1.82, 2.24) is 25.6 Å². The highest BCUT2D eigenvalue weighted by molar-refractivity contribution is 14.0. The quantitative estimate of drug-likeness (QED) is 0.119. The first-order chi connectivity index (χ1) is 14.4. The van der Waals surface area contributed by atoms with Crippen LogP contribution in [0, 0.1) is 5.82 Å². The molecule has 0 aliphatic carbocycles. The van der Waals surface area contributed by atoms with E-state index in [9.17, 15) is 17.6 Å². The fraction of sp³-hybridized carbons (Fsp3) is 0.316. The van der Waals surface area contributed by atoms with Crippen molar-refractivity contribution in [3.63, 3.8) is 0 Å². The van der Waals surface area contributed by atoms with Gasteiger partial charge in [-0.15, -0.1) is 24.0 Å². The van der Waals surface area contributed by atoms with Gasteiger partial charge in [0.05, 0.1) is 0 Å². The van der Waals surface area contributed by atoms with Crippen LogP contribution in [0.1, 0.15) is 11.3 Å². The molecule has 168 valence electrons. The number of rotatable bonds is 7. The molecule has 0 radical (unpaired) electrons. The molecule has 0 saturated heterocycles. The summed E-state index contributed by atoms with van der Waals surface area (Å²) >= 11 is 0. The fourth-order valence-electron chi connectivity index (χ4n) is 2.85. The van der Waals surface area contributed by atoms with Crippen LogP contribution in [0.5, 0.6) is 0 Å². The van der Waals surface area contributed by atoms with Gasteiger partial charge in [-0.25, -0.2) is 14.4 Å². The van der Waals surface area contributed by atoms with Gasteiger partial charge in [0.25, 0.3) is 0 Å². The number of hydrogen-bond acceptors (Lipinski definition) is 4. The van der Waals surface area contributed by atoms with Crippen molar-refractivity contribution >= 4 is 46.8 Å². The summed E-state index contributed by atoms with van der Waals surface area (Å²) in [5.74, 6) is 0.153. The minimum absolute atomic E-state index is 0. The Balaban J connectivity index is 0.00000341. The van der Waals surface area contributed by atoms with Crippen molar-refractivity contribution in [3.05, 3.63) is 53.7 Å². The number of fused-ring (bicyclic) bond motifs is 1. The van der Waals surface area contributed by atoms with Crippen molar-refractivity contribution in [2.45, 2.75) is 12.6 Å². The Labute approximate surface area is 193 Å². The van der Waals surface area contributed by atoms with E-state index in [0.29, 0.717) is 32.0 Å². The van der Waals surface area contributed by atoms with Crippen LogP contribution in [0.3, 0.4) is 0 Å². The summed E-state index contributed by atoms with van der Waals surface area (Å²) < 4.78 is 51.4. The first-order valence-corrected chi connectivity index (χ1v) is 9.21. The molecule has 31 heavy (non-hydrogen) atoms. The van der Waals surface area contributed by atoms with Crippen molar-refractivity contribution in [1.29, 1.82) is 0 Å². The van der Waals surface area contributed by atoms with Crippen LogP contribution in [0.4, 0.5) is 23.5 Å². The van der Waals surface area contributed by atoms with Gasteiger partial charge in [-0.2, -0.15) is 13.2 Å². The molecule has 0 spiro atoms. The van der Waals surface area contributed by atoms with Gasteiger partial charge < -0.3 is 20.9 Å². The predicted molar refractivity (Wildman–Crippen MR) is 122 cm³/mol. The van der Waals surface area contributed by atoms with Crippen LogP contribution >= 0.6 is 24.0 Å². The zero-order valence-corrected chi connectivity index (χ0v) is 18.9. The highest BCUT2D eigenvalue weighted by Crippen LogP contribution is 2.27. The summed E-state index contributed by atoms with van der Waals surface area (Å²) in [6.07, 6.45) is -0.954. The van der Waals surface area contributed by atoms with Crippen molar-refractivity contribution < 1.29 is 17.6 Å². The maximum atomic E-state index is 13.4. The lowest BCUT2D eigenvalue weighted by atomic mass is 10.1. The zero-order chi connectivity index (χ0) is 21.6. The van der Waals surface area contributed by atoms with Gasteiger partial charge >= 0.3 is 6.18 Å². The van der Waals surface area contributed by atoms with E-state index < -0.39 is 11.9 Å². The largest absolute Gasteiger partial charge is 0.433 e. The van der Waals surface area contributed by atoms with Crippen LogP contribution in [0.25, 0.3) is 10.9 Å². The Bertz CT molecular complexity index is 1020. The number of H-pyrrole nitrogens is 1. The second kappa shape index (κ2) is 11.1. The Morgan fingerprint density at radius 1 is 1.13 bits per heavy atom. The molecule has 0 unspecified atom stereocenters. The number of alkyl halides is 3. The first kappa shape index (κ1) is 24.6. The maximum absolute atomic E-state index is 13.4. The minimum atomic E-state index is -4.51. The van der Waals surface area contributed by atoms with Gasteiger partial charge in [0.1, 0.15) is 11.5 Å². The summed E-state index contributed by atoms with van der Waals surface area (Å²) in [6.45, 7) is 1.24. The molecular formula is C19H22F4IN7. The summed E-state index contributed by atoms with van der Waals surface area (Å²) in [5.41, 5.74) is 0.857. The molecule has 7 nitrogen and oxygen atoms in total. The maximum Gasteiger partial charge on any atom is 0.433 e. The smallest absolute Gasteiger partial charge is 0.361 e. The van der Waals surface area contributed by atoms with E-state index in [0.717, 1.165) is 28.7 Å². The van der Waals surface area contributed by atoms with E-state index >= 15 is 0 Å². The van der Waals surface area contributed by atoms with Gasteiger partial charge in [0.2, 0.25) is 5.95 Å². The molecule has 0 fully saturated rings. The molecule has 3 rings (SSSR count). The van der Waals surface area contributed by atoms with Crippen LogP contribution in [0.2, 0.25) is 0 Å². The lowest BCUT2D eigenvalue weighted by molar-refractivity contribution is -0.141. The molecule has 2 aromatic heterocycles. The molecule has 0 aliphatic rings. The number of nitrogens with one attached hydrogen (secondary N) is 4. The van der Waals surface area contributed by atoms with E-state index in [1.165, 1.54) is 12.1 Å². The van der Waals surface area contributed by atoms with Crippen molar-refractivity contribution in [2.24, 2.45) is 4.99 Å². The Hall–Kier alpha value is -2.64. The third-order valence-electron chi connectivity index (χ3n) is 4.29. The molecule has 0 amide bonds. The van der Waals surface area contributed by atoms with Gasteiger partial charge in [0.15, 0.2) is 5.96 Å². The van der Waals surface area contributed by atoms with E-state index in [2.05, 4.69) is 35.9 Å². The second-order valence-corrected chi connectivity index (χ2v) is 6.37. The number of guanidine groups is 1. The number of aliphatic imine (C=N–C) groups is 1. The van der Waals surface area contributed by atoms with Crippen LogP contribution in [0.15, 0.2) is 41.7 Å². The molecule has 1 aromatic carbocycles. The summed E-state index contributed by atoms with van der Waals surface area (Å²) in [7, 11) is 1.61. The molecule has 0 aliphatic heterocycles. The number of benzene rings is 1. The number of aromatic amines is 1. The Kier molecular flexibility index (Phi) is 8.83. The van der Waals surface area contributed by atoms with Crippen LogP contribution < -0.4 is 16.0 Å².